The first kappa shape index (κ1) is 21.4. The zero-order valence-electron chi connectivity index (χ0n) is 17.2. The number of rotatable bonds is 6. The highest BCUT2D eigenvalue weighted by Gasteiger charge is 2.18. The minimum atomic E-state index is -0.507. The van der Waals surface area contributed by atoms with Crippen LogP contribution in [0.5, 0.6) is 11.5 Å². The van der Waals surface area contributed by atoms with Crippen LogP contribution in [0, 0.1) is 6.92 Å². The van der Waals surface area contributed by atoms with Gasteiger partial charge in [-0.1, -0.05) is 11.8 Å². The number of amides is 1. The fourth-order valence-corrected chi connectivity index (χ4v) is 3.72. The average Bonchev–Trinajstić information content (AvgIpc) is 2.74. The highest BCUT2D eigenvalue weighted by molar-refractivity contribution is 8.00. The Bertz CT molecular complexity index is 1250. The maximum Gasteiger partial charge on any atom is 0.332 e. The monoisotopic (exact) mass is 431 g/mol. The third kappa shape index (κ3) is 4.01. The van der Waals surface area contributed by atoms with Crippen molar-refractivity contribution in [3.63, 3.8) is 0 Å². The van der Waals surface area contributed by atoms with E-state index in [1.54, 1.807) is 25.1 Å². The van der Waals surface area contributed by atoms with Gasteiger partial charge in [-0.15, -0.1) is 0 Å². The molecule has 0 saturated carbocycles. The van der Waals surface area contributed by atoms with Crippen molar-refractivity contribution in [3.05, 3.63) is 44.9 Å². The van der Waals surface area contributed by atoms with Gasteiger partial charge in [0.25, 0.3) is 5.56 Å². The summed E-state index contributed by atoms with van der Waals surface area (Å²) in [5, 5.41) is 3.31. The van der Waals surface area contributed by atoms with Crippen molar-refractivity contribution in [2.24, 2.45) is 14.1 Å². The molecule has 3 aromatic rings. The summed E-state index contributed by atoms with van der Waals surface area (Å²) < 4.78 is 12.7. The van der Waals surface area contributed by atoms with Gasteiger partial charge in [0.15, 0.2) is 5.65 Å². The smallest absolute Gasteiger partial charge is 0.332 e. The van der Waals surface area contributed by atoms with Gasteiger partial charge in [0.2, 0.25) is 5.91 Å². The van der Waals surface area contributed by atoms with Crippen LogP contribution in [0.25, 0.3) is 11.0 Å². The standard InChI is InChI=1S/C19H21N5O5S/c1-10-20-16-15(18(26)24(3)19(27)23(16)2)17(21-10)30-9-14(25)22-12-7-6-11(28-4)8-13(12)29-5/h6-8H,9H2,1-5H3,(H,22,25). The molecule has 0 fully saturated rings. The number of aromatic nitrogens is 4. The molecule has 0 aliphatic heterocycles. The molecule has 3 rings (SSSR count). The van der Waals surface area contributed by atoms with E-state index in [4.69, 9.17) is 9.47 Å². The second kappa shape index (κ2) is 8.57. The zero-order chi connectivity index (χ0) is 22.0. The summed E-state index contributed by atoms with van der Waals surface area (Å²) >= 11 is 1.09. The van der Waals surface area contributed by atoms with Crippen molar-refractivity contribution < 1.29 is 14.3 Å². The third-order valence-corrected chi connectivity index (χ3v) is 5.38. The predicted molar refractivity (Wildman–Crippen MR) is 114 cm³/mol. The maximum atomic E-state index is 12.6. The molecular weight excluding hydrogens is 410 g/mol. The van der Waals surface area contributed by atoms with Gasteiger partial charge in [-0.05, 0) is 19.1 Å². The number of carbonyl (C=O) groups is 1. The molecule has 30 heavy (non-hydrogen) atoms. The highest BCUT2D eigenvalue weighted by Crippen LogP contribution is 2.29. The van der Waals surface area contributed by atoms with E-state index in [0.717, 1.165) is 16.3 Å². The van der Waals surface area contributed by atoms with E-state index < -0.39 is 11.2 Å². The lowest BCUT2D eigenvalue weighted by molar-refractivity contribution is -0.113. The molecule has 0 radical (unpaired) electrons. The largest absolute Gasteiger partial charge is 0.497 e. The number of fused-ring (bicyclic) bond motifs is 1. The van der Waals surface area contributed by atoms with Gasteiger partial charge in [0, 0.05) is 20.2 Å². The molecule has 1 aromatic carbocycles. The Morgan fingerprint density at radius 3 is 2.53 bits per heavy atom. The maximum absolute atomic E-state index is 12.6. The lowest BCUT2D eigenvalue weighted by Crippen LogP contribution is -2.37. The Morgan fingerprint density at radius 1 is 1.13 bits per heavy atom. The molecule has 0 aliphatic carbocycles. The van der Waals surface area contributed by atoms with Gasteiger partial charge in [-0.25, -0.2) is 14.8 Å². The number of nitrogens with one attached hydrogen (secondary N) is 1. The number of methoxy groups -OCH3 is 2. The van der Waals surface area contributed by atoms with E-state index >= 15 is 0 Å². The van der Waals surface area contributed by atoms with Crippen LogP contribution >= 0.6 is 11.8 Å². The Labute approximate surface area is 175 Å². The van der Waals surface area contributed by atoms with Crippen LogP contribution in [0.1, 0.15) is 5.82 Å². The number of aryl methyl sites for hydroxylation is 2. The van der Waals surface area contributed by atoms with E-state index in [-0.39, 0.29) is 22.7 Å². The van der Waals surface area contributed by atoms with E-state index in [1.165, 1.54) is 32.9 Å². The minimum Gasteiger partial charge on any atom is -0.497 e. The van der Waals surface area contributed by atoms with E-state index in [9.17, 15) is 14.4 Å². The first-order valence-corrected chi connectivity index (χ1v) is 9.84. The van der Waals surface area contributed by atoms with Crippen molar-refractivity contribution in [1.82, 2.24) is 19.1 Å². The normalized spacial score (nSPS) is 10.8. The molecule has 2 heterocycles. The van der Waals surface area contributed by atoms with Gasteiger partial charge < -0.3 is 14.8 Å². The summed E-state index contributed by atoms with van der Waals surface area (Å²) in [6, 6.07) is 5.04. The number of anilines is 1. The Kier molecular flexibility index (Phi) is 6.11. The van der Waals surface area contributed by atoms with Crippen molar-refractivity contribution in [2.75, 3.05) is 25.3 Å². The highest BCUT2D eigenvalue weighted by atomic mass is 32.2. The van der Waals surface area contributed by atoms with Crippen molar-refractivity contribution >= 4 is 34.4 Å². The first-order valence-electron chi connectivity index (χ1n) is 8.85. The molecule has 0 bridgehead atoms. The third-order valence-electron chi connectivity index (χ3n) is 4.40. The van der Waals surface area contributed by atoms with Crippen molar-refractivity contribution in [1.29, 1.82) is 0 Å². The topological polar surface area (TPSA) is 117 Å². The summed E-state index contributed by atoms with van der Waals surface area (Å²) in [5.41, 5.74) is -0.264. The molecule has 0 aliphatic rings. The van der Waals surface area contributed by atoms with E-state index in [0.29, 0.717) is 28.0 Å². The summed E-state index contributed by atoms with van der Waals surface area (Å²) in [7, 11) is 5.96. The molecule has 2 aromatic heterocycles. The summed E-state index contributed by atoms with van der Waals surface area (Å²) in [6.45, 7) is 1.66. The van der Waals surface area contributed by atoms with Crippen LogP contribution in [0.4, 0.5) is 5.69 Å². The second-order valence-corrected chi connectivity index (χ2v) is 7.35. The number of benzene rings is 1. The van der Waals surface area contributed by atoms with Gasteiger partial charge >= 0.3 is 5.69 Å². The molecule has 0 saturated heterocycles. The quantitative estimate of drug-likeness (QED) is 0.455. The van der Waals surface area contributed by atoms with Gasteiger partial charge in [-0.3, -0.25) is 18.7 Å². The Balaban J connectivity index is 1.88. The Morgan fingerprint density at radius 2 is 1.87 bits per heavy atom. The predicted octanol–water partition coefficient (Wildman–Crippen LogP) is 1.08. The Hall–Kier alpha value is -3.34. The van der Waals surface area contributed by atoms with Gasteiger partial charge in [0.05, 0.1) is 25.7 Å². The summed E-state index contributed by atoms with van der Waals surface area (Å²) in [6.07, 6.45) is 0. The van der Waals surface area contributed by atoms with Crippen LogP contribution in [-0.2, 0) is 18.9 Å². The molecule has 11 heteroatoms. The molecule has 158 valence electrons. The van der Waals surface area contributed by atoms with Crippen LogP contribution in [0.3, 0.4) is 0 Å². The van der Waals surface area contributed by atoms with Crippen LogP contribution in [0.15, 0.2) is 32.8 Å². The number of ether oxygens (including phenoxy) is 2. The molecule has 1 N–H and O–H groups in total. The summed E-state index contributed by atoms with van der Waals surface area (Å²) in [4.78, 5) is 45.9. The van der Waals surface area contributed by atoms with Crippen molar-refractivity contribution in [2.45, 2.75) is 11.9 Å². The lowest BCUT2D eigenvalue weighted by atomic mass is 10.2. The number of hydrogen-bond acceptors (Lipinski definition) is 8. The zero-order valence-corrected chi connectivity index (χ0v) is 18.0. The van der Waals surface area contributed by atoms with Crippen LogP contribution in [0.2, 0.25) is 0 Å². The van der Waals surface area contributed by atoms with Crippen LogP contribution in [-0.4, -0.2) is 45.0 Å². The van der Waals surface area contributed by atoms with E-state index in [1.807, 2.05) is 0 Å². The van der Waals surface area contributed by atoms with Crippen LogP contribution < -0.4 is 26.0 Å². The molecule has 10 nitrogen and oxygen atoms in total. The minimum absolute atomic E-state index is 0.00721. The molecule has 0 unspecified atom stereocenters. The number of thioether (sulfide) groups is 1. The number of carbonyl (C=O) groups excluding carboxylic acids is 1. The molecular formula is C19H21N5O5S. The molecule has 0 spiro atoms. The second-order valence-electron chi connectivity index (χ2n) is 6.38. The fraction of sp³-hybridized carbons (Fsp3) is 0.316. The fourth-order valence-electron chi connectivity index (χ4n) is 2.86. The molecule has 1 amide bonds. The average molecular weight is 431 g/mol. The van der Waals surface area contributed by atoms with E-state index in [2.05, 4.69) is 15.3 Å². The SMILES string of the molecule is COc1ccc(NC(=O)CSc2nc(C)nc3c2c(=O)n(C)c(=O)n3C)c(OC)c1. The number of hydrogen-bond donors (Lipinski definition) is 1. The first-order chi connectivity index (χ1) is 14.3. The number of nitrogens with zero attached hydrogens (tertiary/aromatic N) is 4. The lowest BCUT2D eigenvalue weighted by Gasteiger charge is -2.12. The summed E-state index contributed by atoms with van der Waals surface area (Å²) in [5.74, 6) is 1.13. The van der Waals surface area contributed by atoms with Crippen molar-refractivity contribution in [3.8, 4) is 11.5 Å². The molecule has 0 atom stereocenters. The van der Waals surface area contributed by atoms with Gasteiger partial charge in [0.1, 0.15) is 27.7 Å². The van der Waals surface area contributed by atoms with Gasteiger partial charge in [-0.2, -0.15) is 0 Å².